The van der Waals surface area contributed by atoms with Crippen LogP contribution in [0.5, 0.6) is 5.75 Å². The molecule has 5 nitrogen and oxygen atoms in total. The van der Waals surface area contributed by atoms with Gasteiger partial charge in [-0.05, 0) is 18.2 Å². The number of carbonyl (C=O) groups excluding carboxylic acids is 1. The Morgan fingerprint density at radius 1 is 1.44 bits per heavy atom. The number of nitrogens with one attached hydrogen (secondary N) is 1. The first-order valence-corrected chi connectivity index (χ1v) is 6.08. The molecule has 1 aromatic rings. The molecule has 0 radical (unpaired) electrons. The van der Waals surface area contributed by atoms with Crippen LogP contribution in [0.4, 0.5) is 4.39 Å². The minimum atomic E-state index is -3.71. The molecule has 0 aliphatic rings. The summed E-state index contributed by atoms with van der Waals surface area (Å²) < 4.78 is 41.3. The van der Waals surface area contributed by atoms with E-state index in [0.29, 0.717) is 0 Å². The van der Waals surface area contributed by atoms with Gasteiger partial charge in [0.1, 0.15) is 11.6 Å². The Morgan fingerprint density at radius 3 is 2.56 bits per heavy atom. The second-order valence-corrected chi connectivity index (χ2v) is 4.80. The second-order valence-electron chi connectivity index (χ2n) is 3.05. The Hall–Kier alpha value is -1.63. The molecule has 0 spiro atoms. The van der Waals surface area contributed by atoms with Crippen molar-refractivity contribution in [3.63, 3.8) is 0 Å². The van der Waals surface area contributed by atoms with Crippen LogP contribution in [0.3, 0.4) is 0 Å². The van der Waals surface area contributed by atoms with Crippen molar-refractivity contribution in [1.29, 1.82) is 0 Å². The molecule has 88 valence electrons. The van der Waals surface area contributed by atoms with E-state index < -0.39 is 21.7 Å². The van der Waals surface area contributed by atoms with Crippen molar-refractivity contribution in [3.05, 3.63) is 29.6 Å². The first-order valence-electron chi connectivity index (χ1n) is 4.19. The van der Waals surface area contributed by atoms with Gasteiger partial charge in [0, 0.05) is 0 Å². The third-order valence-corrected chi connectivity index (χ3v) is 2.25. The van der Waals surface area contributed by atoms with Crippen LogP contribution < -0.4 is 9.46 Å². The molecule has 0 saturated carbocycles. The van der Waals surface area contributed by atoms with Crippen LogP contribution in [0.15, 0.2) is 18.2 Å². The molecule has 0 aliphatic heterocycles. The fourth-order valence-corrected chi connectivity index (χ4v) is 1.48. The SMILES string of the molecule is COc1ccc(F)c(C(=O)NS(C)(=O)=O)c1. The summed E-state index contributed by atoms with van der Waals surface area (Å²) in [7, 11) is -2.36. The van der Waals surface area contributed by atoms with Crippen LogP contribution in [0, 0.1) is 5.82 Å². The lowest BCUT2D eigenvalue weighted by atomic mass is 10.2. The molecule has 0 aromatic heterocycles. The quantitative estimate of drug-likeness (QED) is 0.845. The zero-order chi connectivity index (χ0) is 12.3. The number of methoxy groups -OCH3 is 1. The van der Waals surface area contributed by atoms with Crippen LogP contribution >= 0.6 is 0 Å². The molecule has 0 unspecified atom stereocenters. The maximum Gasteiger partial charge on any atom is 0.267 e. The lowest BCUT2D eigenvalue weighted by molar-refractivity contribution is 0.0977. The molecule has 1 amide bonds. The molecular formula is C9H10FNO4S. The van der Waals surface area contributed by atoms with Crippen molar-refractivity contribution in [3.8, 4) is 5.75 Å². The van der Waals surface area contributed by atoms with Crippen molar-refractivity contribution in [2.24, 2.45) is 0 Å². The molecule has 0 atom stereocenters. The first kappa shape index (κ1) is 12.4. The van der Waals surface area contributed by atoms with Gasteiger partial charge in [-0.1, -0.05) is 0 Å². The Labute approximate surface area is 92.3 Å². The molecule has 0 aliphatic carbocycles. The van der Waals surface area contributed by atoms with E-state index >= 15 is 0 Å². The third kappa shape index (κ3) is 3.20. The van der Waals surface area contributed by atoms with Crippen molar-refractivity contribution < 1.29 is 22.3 Å². The Kier molecular flexibility index (Phi) is 3.48. The highest BCUT2D eigenvalue weighted by atomic mass is 32.2. The first-order chi connectivity index (χ1) is 7.33. The van der Waals surface area contributed by atoms with E-state index in [1.807, 2.05) is 0 Å². The van der Waals surface area contributed by atoms with Gasteiger partial charge in [-0.2, -0.15) is 0 Å². The number of rotatable bonds is 3. The highest BCUT2D eigenvalue weighted by molar-refractivity contribution is 7.89. The summed E-state index contributed by atoms with van der Waals surface area (Å²) in [6.45, 7) is 0. The van der Waals surface area contributed by atoms with Gasteiger partial charge in [0.25, 0.3) is 5.91 Å². The molecule has 0 saturated heterocycles. The maximum atomic E-state index is 13.2. The van der Waals surface area contributed by atoms with Crippen LogP contribution in [0.1, 0.15) is 10.4 Å². The zero-order valence-electron chi connectivity index (χ0n) is 8.65. The molecule has 0 heterocycles. The average Bonchev–Trinajstić information content (AvgIpc) is 2.15. The lowest BCUT2D eigenvalue weighted by Gasteiger charge is -2.06. The monoisotopic (exact) mass is 247 g/mol. The highest BCUT2D eigenvalue weighted by Crippen LogP contribution is 2.16. The number of halogens is 1. The van der Waals surface area contributed by atoms with Gasteiger partial charge in [-0.25, -0.2) is 17.5 Å². The number of ether oxygens (including phenoxy) is 1. The second kappa shape index (κ2) is 4.48. The summed E-state index contributed by atoms with van der Waals surface area (Å²) in [6, 6.07) is 3.47. The largest absolute Gasteiger partial charge is 0.497 e. The number of hydrogen-bond donors (Lipinski definition) is 1. The highest BCUT2D eigenvalue weighted by Gasteiger charge is 2.16. The van der Waals surface area contributed by atoms with Crippen LogP contribution in [-0.2, 0) is 10.0 Å². The summed E-state index contributed by atoms with van der Waals surface area (Å²) in [5.41, 5.74) is -0.384. The molecular weight excluding hydrogens is 237 g/mol. The van der Waals surface area contributed by atoms with Crippen molar-refractivity contribution in [2.75, 3.05) is 13.4 Å². The van der Waals surface area contributed by atoms with E-state index in [1.54, 1.807) is 4.72 Å². The van der Waals surface area contributed by atoms with E-state index in [-0.39, 0.29) is 11.3 Å². The predicted molar refractivity (Wildman–Crippen MR) is 55.3 cm³/mol. The fourth-order valence-electron chi connectivity index (χ4n) is 1.03. The minimum Gasteiger partial charge on any atom is -0.497 e. The molecule has 7 heteroatoms. The third-order valence-electron chi connectivity index (χ3n) is 1.70. The van der Waals surface area contributed by atoms with E-state index in [9.17, 15) is 17.6 Å². The number of benzene rings is 1. The topological polar surface area (TPSA) is 72.5 Å². The number of amides is 1. The van der Waals surface area contributed by atoms with Gasteiger partial charge >= 0.3 is 0 Å². The summed E-state index contributed by atoms with van der Waals surface area (Å²) in [5.74, 6) is -1.58. The van der Waals surface area contributed by atoms with Crippen LogP contribution in [0.2, 0.25) is 0 Å². The minimum absolute atomic E-state index is 0.264. The lowest BCUT2D eigenvalue weighted by Crippen LogP contribution is -2.30. The molecule has 1 N–H and O–H groups in total. The summed E-state index contributed by atoms with van der Waals surface area (Å²) >= 11 is 0. The average molecular weight is 247 g/mol. The van der Waals surface area contributed by atoms with Gasteiger partial charge in [0.2, 0.25) is 10.0 Å². The van der Waals surface area contributed by atoms with Crippen LogP contribution in [0.25, 0.3) is 0 Å². The van der Waals surface area contributed by atoms with Crippen molar-refractivity contribution in [1.82, 2.24) is 4.72 Å². The number of hydrogen-bond acceptors (Lipinski definition) is 4. The molecule has 0 bridgehead atoms. The van der Waals surface area contributed by atoms with Crippen LogP contribution in [-0.4, -0.2) is 27.7 Å². The van der Waals surface area contributed by atoms with Crippen molar-refractivity contribution in [2.45, 2.75) is 0 Å². The fraction of sp³-hybridized carbons (Fsp3) is 0.222. The standard InChI is InChI=1S/C9H10FNO4S/c1-15-6-3-4-8(10)7(5-6)9(12)11-16(2,13)14/h3-5H,1-2H3,(H,11,12). The summed E-state index contributed by atoms with van der Waals surface area (Å²) in [5, 5.41) is 0. The van der Waals surface area contributed by atoms with Gasteiger partial charge in [-0.3, -0.25) is 4.79 Å². The van der Waals surface area contributed by atoms with Gasteiger partial charge < -0.3 is 4.74 Å². The number of carbonyl (C=O) groups is 1. The van der Waals surface area contributed by atoms with Gasteiger partial charge in [0.15, 0.2) is 0 Å². The molecule has 0 fully saturated rings. The summed E-state index contributed by atoms with van der Waals surface area (Å²) in [4.78, 5) is 11.4. The Bertz CT molecular complexity index is 512. The smallest absolute Gasteiger partial charge is 0.267 e. The van der Waals surface area contributed by atoms with E-state index in [2.05, 4.69) is 0 Å². The summed E-state index contributed by atoms with van der Waals surface area (Å²) in [6.07, 6.45) is 0.809. The normalized spacial score (nSPS) is 10.9. The van der Waals surface area contributed by atoms with Gasteiger partial charge in [-0.15, -0.1) is 0 Å². The Morgan fingerprint density at radius 2 is 2.06 bits per heavy atom. The number of sulfonamides is 1. The van der Waals surface area contributed by atoms with E-state index in [4.69, 9.17) is 4.74 Å². The predicted octanol–water partition coefficient (Wildman–Crippen LogP) is 0.524. The van der Waals surface area contributed by atoms with E-state index in [0.717, 1.165) is 18.4 Å². The molecule has 1 aromatic carbocycles. The molecule has 16 heavy (non-hydrogen) atoms. The maximum absolute atomic E-state index is 13.2. The Balaban J connectivity index is 3.08. The molecule has 1 rings (SSSR count). The zero-order valence-corrected chi connectivity index (χ0v) is 9.47. The van der Waals surface area contributed by atoms with Gasteiger partial charge in [0.05, 0.1) is 18.9 Å². The van der Waals surface area contributed by atoms with Crippen molar-refractivity contribution >= 4 is 15.9 Å². The van der Waals surface area contributed by atoms with E-state index in [1.165, 1.54) is 13.2 Å².